The van der Waals surface area contributed by atoms with E-state index in [9.17, 15) is 9.59 Å². The summed E-state index contributed by atoms with van der Waals surface area (Å²) < 4.78 is 1.06. The van der Waals surface area contributed by atoms with Gasteiger partial charge in [-0.1, -0.05) is 23.5 Å². The van der Waals surface area contributed by atoms with Crippen molar-refractivity contribution in [2.45, 2.75) is 12.8 Å². The summed E-state index contributed by atoms with van der Waals surface area (Å²) in [6.07, 6.45) is 2.90. The van der Waals surface area contributed by atoms with E-state index >= 15 is 0 Å². The van der Waals surface area contributed by atoms with Crippen LogP contribution < -0.4 is 5.32 Å². The average molecular weight is 303 g/mol. The zero-order chi connectivity index (χ0) is 14.7. The molecule has 1 aromatic heterocycles. The number of rotatable bonds is 4. The van der Waals surface area contributed by atoms with Crippen molar-refractivity contribution in [3.63, 3.8) is 0 Å². The fourth-order valence-corrected chi connectivity index (χ4v) is 3.52. The van der Waals surface area contributed by atoms with Gasteiger partial charge in [-0.05, 0) is 31.5 Å². The Bertz CT molecular complexity index is 622. The number of nitrogens with zero attached hydrogens (tertiary/aromatic N) is 2. The topological polar surface area (TPSA) is 62.3 Å². The van der Waals surface area contributed by atoms with Crippen molar-refractivity contribution in [3.8, 4) is 0 Å². The highest BCUT2D eigenvalue weighted by Crippen LogP contribution is 2.25. The largest absolute Gasteiger partial charge is 0.303 e. The number of hydrogen-bond acceptors (Lipinski definition) is 5. The maximum absolute atomic E-state index is 12.1. The summed E-state index contributed by atoms with van der Waals surface area (Å²) in [5, 5.41) is 3.48. The predicted octanol–water partition coefficient (Wildman–Crippen LogP) is 2.15. The number of anilines is 1. The molecule has 1 aliphatic heterocycles. The van der Waals surface area contributed by atoms with E-state index in [-0.39, 0.29) is 11.8 Å². The first-order valence-electron chi connectivity index (χ1n) is 7.07. The van der Waals surface area contributed by atoms with E-state index in [2.05, 4.69) is 10.3 Å². The number of amides is 1. The Kier molecular flexibility index (Phi) is 4.26. The van der Waals surface area contributed by atoms with Crippen LogP contribution in [0.4, 0.5) is 5.13 Å². The Morgan fingerprint density at radius 2 is 2.33 bits per heavy atom. The zero-order valence-corrected chi connectivity index (χ0v) is 12.4. The lowest BCUT2D eigenvalue weighted by Gasteiger charge is -2.29. The number of piperidine rings is 1. The normalized spacial score (nSPS) is 19.5. The minimum atomic E-state index is -0.0689. The number of aldehydes is 1. The molecule has 1 unspecified atom stereocenters. The van der Waals surface area contributed by atoms with Crippen LogP contribution in [0.25, 0.3) is 10.2 Å². The van der Waals surface area contributed by atoms with Crippen molar-refractivity contribution in [2.24, 2.45) is 5.92 Å². The summed E-state index contributed by atoms with van der Waals surface area (Å²) in [5.41, 5.74) is 0.900. The Morgan fingerprint density at radius 1 is 1.48 bits per heavy atom. The van der Waals surface area contributed by atoms with E-state index in [0.29, 0.717) is 18.2 Å². The molecule has 5 nitrogen and oxygen atoms in total. The number of likely N-dealkylation sites (tertiary alicyclic amines) is 1. The number of benzene rings is 1. The second-order valence-electron chi connectivity index (χ2n) is 5.31. The number of aromatic nitrogens is 1. The second-order valence-corrected chi connectivity index (χ2v) is 6.34. The lowest BCUT2D eigenvalue weighted by Crippen LogP contribution is -2.40. The quantitative estimate of drug-likeness (QED) is 0.879. The van der Waals surface area contributed by atoms with Gasteiger partial charge in [0.25, 0.3) is 0 Å². The molecular formula is C15H17N3O2S. The van der Waals surface area contributed by atoms with Crippen molar-refractivity contribution in [3.05, 3.63) is 24.3 Å². The molecule has 1 atom stereocenters. The van der Waals surface area contributed by atoms with Gasteiger partial charge < -0.3 is 10.1 Å². The van der Waals surface area contributed by atoms with Crippen LogP contribution in [0.3, 0.4) is 0 Å². The molecule has 2 aromatic rings. The van der Waals surface area contributed by atoms with Crippen LogP contribution in [0.1, 0.15) is 12.8 Å². The lowest BCUT2D eigenvalue weighted by molar-refractivity contribution is -0.119. The number of thiazole rings is 1. The number of para-hydroxylation sites is 1. The molecule has 1 aliphatic rings. The Balaban J connectivity index is 1.59. The maximum atomic E-state index is 12.1. The smallest absolute Gasteiger partial charge is 0.240 e. The number of carbonyl (C=O) groups is 2. The van der Waals surface area contributed by atoms with Gasteiger partial charge in [-0.25, -0.2) is 4.98 Å². The van der Waals surface area contributed by atoms with Gasteiger partial charge in [0.05, 0.1) is 16.8 Å². The van der Waals surface area contributed by atoms with Crippen LogP contribution in [0.15, 0.2) is 24.3 Å². The first-order valence-corrected chi connectivity index (χ1v) is 7.89. The molecule has 1 saturated heterocycles. The minimum absolute atomic E-state index is 0.0639. The van der Waals surface area contributed by atoms with Gasteiger partial charge in [-0.2, -0.15) is 0 Å². The van der Waals surface area contributed by atoms with Gasteiger partial charge in [-0.3, -0.25) is 9.69 Å². The lowest BCUT2D eigenvalue weighted by atomic mass is 10.00. The average Bonchev–Trinajstić information content (AvgIpc) is 2.89. The molecule has 1 amide bonds. The third-order valence-electron chi connectivity index (χ3n) is 3.64. The van der Waals surface area contributed by atoms with E-state index in [4.69, 9.17) is 0 Å². The Hall–Kier alpha value is -1.79. The highest BCUT2D eigenvalue weighted by Gasteiger charge is 2.21. The number of fused-ring (bicyclic) bond motifs is 1. The molecule has 6 heteroatoms. The third kappa shape index (κ3) is 3.46. The number of carbonyl (C=O) groups excluding carboxylic acids is 2. The van der Waals surface area contributed by atoms with Crippen LogP contribution in [0, 0.1) is 5.92 Å². The standard InChI is InChI=1S/C15H17N3O2S/c19-10-11-4-3-7-18(8-11)9-14(20)17-15-16-12-5-1-2-6-13(12)21-15/h1-2,5-6,10-11H,3-4,7-9H2,(H,16,17,20). The van der Waals surface area contributed by atoms with Crippen molar-refractivity contribution >= 4 is 38.9 Å². The monoisotopic (exact) mass is 303 g/mol. The van der Waals surface area contributed by atoms with Crippen molar-refractivity contribution in [2.75, 3.05) is 25.0 Å². The van der Waals surface area contributed by atoms with Gasteiger partial charge in [0.1, 0.15) is 6.29 Å². The minimum Gasteiger partial charge on any atom is -0.303 e. The van der Waals surface area contributed by atoms with Gasteiger partial charge in [-0.15, -0.1) is 0 Å². The maximum Gasteiger partial charge on any atom is 0.240 e. The predicted molar refractivity (Wildman–Crippen MR) is 83.5 cm³/mol. The summed E-state index contributed by atoms with van der Waals surface area (Å²) in [5.74, 6) is -0.00499. The SMILES string of the molecule is O=CC1CCCN(CC(=O)Nc2nc3ccccc3s2)C1. The van der Waals surface area contributed by atoms with Crippen LogP contribution in [0.2, 0.25) is 0 Å². The van der Waals surface area contributed by atoms with E-state index in [1.165, 1.54) is 11.3 Å². The fourth-order valence-electron chi connectivity index (χ4n) is 2.63. The summed E-state index contributed by atoms with van der Waals surface area (Å²) in [6.45, 7) is 1.87. The van der Waals surface area contributed by atoms with E-state index in [1.807, 2.05) is 29.2 Å². The first kappa shape index (κ1) is 14.2. The van der Waals surface area contributed by atoms with Gasteiger partial charge in [0.15, 0.2) is 5.13 Å². The van der Waals surface area contributed by atoms with Crippen LogP contribution >= 0.6 is 11.3 Å². The highest BCUT2D eigenvalue weighted by molar-refractivity contribution is 7.22. The molecule has 0 spiro atoms. The summed E-state index contributed by atoms with van der Waals surface area (Å²) in [6, 6.07) is 7.81. The van der Waals surface area contributed by atoms with Gasteiger partial charge in [0.2, 0.25) is 5.91 Å². The third-order valence-corrected chi connectivity index (χ3v) is 4.59. The van der Waals surface area contributed by atoms with Crippen molar-refractivity contribution < 1.29 is 9.59 Å². The molecule has 1 fully saturated rings. The molecule has 21 heavy (non-hydrogen) atoms. The fraction of sp³-hybridized carbons (Fsp3) is 0.400. The number of hydrogen-bond donors (Lipinski definition) is 1. The van der Waals surface area contributed by atoms with E-state index < -0.39 is 0 Å². The first-order chi connectivity index (χ1) is 10.2. The molecule has 0 aliphatic carbocycles. The molecule has 3 rings (SSSR count). The van der Waals surface area contributed by atoms with Crippen molar-refractivity contribution in [1.82, 2.24) is 9.88 Å². The summed E-state index contributed by atoms with van der Waals surface area (Å²) in [7, 11) is 0. The zero-order valence-electron chi connectivity index (χ0n) is 11.6. The van der Waals surface area contributed by atoms with Crippen LogP contribution in [-0.2, 0) is 9.59 Å². The van der Waals surface area contributed by atoms with Crippen LogP contribution in [-0.4, -0.2) is 41.7 Å². The van der Waals surface area contributed by atoms with E-state index in [1.54, 1.807) is 0 Å². The molecule has 0 bridgehead atoms. The van der Waals surface area contributed by atoms with Gasteiger partial charge in [0, 0.05) is 12.5 Å². The molecule has 1 N–H and O–H groups in total. The summed E-state index contributed by atoms with van der Waals surface area (Å²) in [4.78, 5) is 29.3. The Morgan fingerprint density at radius 3 is 3.14 bits per heavy atom. The van der Waals surface area contributed by atoms with Gasteiger partial charge >= 0.3 is 0 Å². The molecule has 0 radical (unpaired) electrons. The second kappa shape index (κ2) is 6.32. The molecular weight excluding hydrogens is 286 g/mol. The molecule has 2 heterocycles. The Labute approximate surface area is 127 Å². The summed E-state index contributed by atoms with van der Waals surface area (Å²) >= 11 is 1.47. The highest BCUT2D eigenvalue weighted by atomic mass is 32.1. The molecule has 110 valence electrons. The molecule has 0 saturated carbocycles. The number of nitrogens with one attached hydrogen (secondary N) is 1. The van der Waals surface area contributed by atoms with Crippen molar-refractivity contribution in [1.29, 1.82) is 0 Å². The molecule has 1 aromatic carbocycles. The van der Waals surface area contributed by atoms with E-state index in [0.717, 1.165) is 35.9 Å². The van der Waals surface area contributed by atoms with Crippen LogP contribution in [0.5, 0.6) is 0 Å².